The minimum atomic E-state index is -4.19. The largest absolute Gasteiger partial charge is 0.493 e. The lowest BCUT2D eigenvalue weighted by atomic mass is 10.2. The number of rotatable bonds is 9. The number of halogens is 4. The minimum absolute atomic E-state index is 0.339. The monoisotopic (exact) mass is 313 g/mol. The standard InChI is InChI=1S/C12H19F4N3O2/c1-3-4-19-10(9(20-2)5-18-19)8(17)6-21-7-12(15,16)11(13)14/h5,8,11H,3-4,6-7,17H2,1-2H3. The number of hydrogen-bond acceptors (Lipinski definition) is 4. The Morgan fingerprint density at radius 2 is 2.10 bits per heavy atom. The molecule has 122 valence electrons. The molecular weight excluding hydrogens is 294 g/mol. The maximum Gasteiger partial charge on any atom is 0.330 e. The highest BCUT2D eigenvalue weighted by atomic mass is 19.3. The highest BCUT2D eigenvalue weighted by Crippen LogP contribution is 2.26. The van der Waals surface area contributed by atoms with Gasteiger partial charge in [0.25, 0.3) is 0 Å². The average Bonchev–Trinajstić information content (AvgIpc) is 2.81. The topological polar surface area (TPSA) is 62.3 Å². The number of aromatic nitrogens is 2. The summed E-state index contributed by atoms with van der Waals surface area (Å²) in [5, 5.41) is 4.07. The maximum atomic E-state index is 12.7. The van der Waals surface area contributed by atoms with Gasteiger partial charge in [0, 0.05) is 6.54 Å². The highest BCUT2D eigenvalue weighted by Gasteiger charge is 2.41. The van der Waals surface area contributed by atoms with Crippen molar-refractivity contribution in [2.24, 2.45) is 5.73 Å². The summed E-state index contributed by atoms with van der Waals surface area (Å²) >= 11 is 0. The normalized spacial score (nSPS) is 13.7. The fourth-order valence-corrected chi connectivity index (χ4v) is 1.76. The second-order valence-corrected chi connectivity index (χ2v) is 4.50. The third kappa shape index (κ3) is 4.57. The van der Waals surface area contributed by atoms with Crippen molar-refractivity contribution in [3.05, 3.63) is 11.9 Å². The molecule has 0 aliphatic carbocycles. The zero-order valence-electron chi connectivity index (χ0n) is 11.9. The van der Waals surface area contributed by atoms with Crippen LogP contribution < -0.4 is 10.5 Å². The van der Waals surface area contributed by atoms with Crippen molar-refractivity contribution >= 4 is 0 Å². The lowest BCUT2D eigenvalue weighted by molar-refractivity contribution is -0.166. The number of ether oxygens (including phenoxy) is 2. The van der Waals surface area contributed by atoms with Crippen molar-refractivity contribution in [1.29, 1.82) is 0 Å². The first-order valence-corrected chi connectivity index (χ1v) is 6.42. The van der Waals surface area contributed by atoms with E-state index in [9.17, 15) is 17.6 Å². The fourth-order valence-electron chi connectivity index (χ4n) is 1.76. The van der Waals surface area contributed by atoms with Crippen LogP contribution in [0.3, 0.4) is 0 Å². The quantitative estimate of drug-likeness (QED) is 0.710. The molecule has 1 unspecified atom stereocenters. The lowest BCUT2D eigenvalue weighted by Gasteiger charge is -2.19. The molecule has 1 heterocycles. The Bertz CT molecular complexity index is 440. The molecule has 0 spiro atoms. The molecule has 2 N–H and O–H groups in total. The summed E-state index contributed by atoms with van der Waals surface area (Å²) in [6.07, 6.45) is -1.53. The summed E-state index contributed by atoms with van der Waals surface area (Å²) < 4.78 is 60.7. The van der Waals surface area contributed by atoms with Gasteiger partial charge in [-0.3, -0.25) is 4.68 Å². The first kappa shape index (κ1) is 17.7. The van der Waals surface area contributed by atoms with Gasteiger partial charge in [0.15, 0.2) is 5.75 Å². The van der Waals surface area contributed by atoms with Crippen molar-refractivity contribution in [2.45, 2.75) is 38.3 Å². The van der Waals surface area contributed by atoms with E-state index < -0.39 is 25.0 Å². The summed E-state index contributed by atoms with van der Waals surface area (Å²) in [6.45, 7) is 0.777. The van der Waals surface area contributed by atoms with E-state index in [0.717, 1.165) is 6.42 Å². The first-order valence-electron chi connectivity index (χ1n) is 6.42. The van der Waals surface area contributed by atoms with E-state index in [1.807, 2.05) is 6.92 Å². The number of nitrogens with zero attached hydrogens (tertiary/aromatic N) is 2. The minimum Gasteiger partial charge on any atom is -0.493 e. The Morgan fingerprint density at radius 3 is 2.62 bits per heavy atom. The van der Waals surface area contributed by atoms with Gasteiger partial charge < -0.3 is 15.2 Å². The highest BCUT2D eigenvalue weighted by molar-refractivity contribution is 5.28. The molecule has 9 heteroatoms. The van der Waals surface area contributed by atoms with Crippen LogP contribution >= 0.6 is 0 Å². The molecule has 1 rings (SSSR count). The van der Waals surface area contributed by atoms with E-state index in [4.69, 9.17) is 10.5 Å². The van der Waals surface area contributed by atoms with Crippen LogP contribution in [0.2, 0.25) is 0 Å². The number of methoxy groups -OCH3 is 1. The van der Waals surface area contributed by atoms with Crippen LogP contribution in [0.4, 0.5) is 17.6 Å². The summed E-state index contributed by atoms with van der Waals surface area (Å²) in [5.74, 6) is -3.78. The van der Waals surface area contributed by atoms with Crippen LogP contribution in [0, 0.1) is 0 Å². The van der Waals surface area contributed by atoms with Gasteiger partial charge in [-0.15, -0.1) is 0 Å². The first-order chi connectivity index (χ1) is 9.83. The van der Waals surface area contributed by atoms with Gasteiger partial charge in [0.1, 0.15) is 6.61 Å². The van der Waals surface area contributed by atoms with E-state index in [1.165, 1.54) is 13.3 Å². The van der Waals surface area contributed by atoms with Crippen LogP contribution in [0.15, 0.2) is 6.20 Å². The Morgan fingerprint density at radius 1 is 1.43 bits per heavy atom. The number of nitrogens with two attached hydrogens (primary N) is 1. The van der Waals surface area contributed by atoms with Gasteiger partial charge in [-0.05, 0) is 6.42 Å². The predicted octanol–water partition coefficient (Wildman–Crippen LogP) is 2.22. The molecule has 0 aliphatic heterocycles. The Labute approximate surface area is 120 Å². The molecule has 0 radical (unpaired) electrons. The van der Waals surface area contributed by atoms with Gasteiger partial charge >= 0.3 is 12.3 Å². The van der Waals surface area contributed by atoms with Gasteiger partial charge in [0.05, 0.1) is 31.6 Å². The van der Waals surface area contributed by atoms with E-state index in [2.05, 4.69) is 9.84 Å². The van der Waals surface area contributed by atoms with Crippen molar-refractivity contribution in [3.8, 4) is 5.75 Å². The van der Waals surface area contributed by atoms with Gasteiger partial charge in [0.2, 0.25) is 0 Å². The predicted molar refractivity (Wildman–Crippen MR) is 67.8 cm³/mol. The zero-order chi connectivity index (χ0) is 16.0. The molecule has 0 aromatic carbocycles. The molecule has 1 aromatic rings. The van der Waals surface area contributed by atoms with E-state index in [0.29, 0.717) is 18.0 Å². The molecule has 1 aromatic heterocycles. The molecule has 0 fully saturated rings. The second kappa shape index (κ2) is 7.60. The van der Waals surface area contributed by atoms with Crippen LogP contribution in [-0.4, -0.2) is 42.5 Å². The molecule has 0 saturated heterocycles. The van der Waals surface area contributed by atoms with Crippen LogP contribution in [0.1, 0.15) is 25.1 Å². The zero-order valence-corrected chi connectivity index (χ0v) is 11.9. The molecule has 0 amide bonds. The summed E-state index contributed by atoms with van der Waals surface area (Å²) in [6, 6.07) is -0.803. The van der Waals surface area contributed by atoms with E-state index in [-0.39, 0.29) is 6.61 Å². The van der Waals surface area contributed by atoms with Crippen LogP contribution in [-0.2, 0) is 11.3 Å². The summed E-state index contributed by atoms with van der Waals surface area (Å²) in [5.41, 5.74) is 6.34. The van der Waals surface area contributed by atoms with Crippen molar-refractivity contribution in [1.82, 2.24) is 9.78 Å². The van der Waals surface area contributed by atoms with Gasteiger partial charge in [-0.25, -0.2) is 8.78 Å². The second-order valence-electron chi connectivity index (χ2n) is 4.50. The van der Waals surface area contributed by atoms with Crippen LogP contribution in [0.25, 0.3) is 0 Å². The third-order valence-electron chi connectivity index (χ3n) is 2.76. The molecular formula is C12H19F4N3O2. The third-order valence-corrected chi connectivity index (χ3v) is 2.76. The van der Waals surface area contributed by atoms with Crippen molar-refractivity contribution in [2.75, 3.05) is 20.3 Å². The molecule has 1 atom stereocenters. The smallest absolute Gasteiger partial charge is 0.330 e. The SMILES string of the molecule is CCCn1ncc(OC)c1C(N)COCC(F)(F)C(F)F. The van der Waals surface area contributed by atoms with Gasteiger partial charge in [-0.1, -0.05) is 6.92 Å². The molecule has 21 heavy (non-hydrogen) atoms. The van der Waals surface area contributed by atoms with Crippen molar-refractivity contribution in [3.63, 3.8) is 0 Å². The number of hydrogen-bond donors (Lipinski definition) is 1. The van der Waals surface area contributed by atoms with Crippen molar-refractivity contribution < 1.29 is 27.0 Å². The number of aryl methyl sites for hydroxylation is 1. The van der Waals surface area contributed by atoms with Crippen LogP contribution in [0.5, 0.6) is 5.75 Å². The molecule has 0 bridgehead atoms. The molecule has 0 aliphatic rings. The summed E-state index contributed by atoms with van der Waals surface area (Å²) in [4.78, 5) is 0. The molecule has 0 saturated carbocycles. The lowest BCUT2D eigenvalue weighted by Crippen LogP contribution is -2.34. The Kier molecular flexibility index (Phi) is 6.41. The van der Waals surface area contributed by atoms with E-state index in [1.54, 1.807) is 4.68 Å². The average molecular weight is 313 g/mol. The molecule has 5 nitrogen and oxygen atoms in total. The van der Waals surface area contributed by atoms with E-state index >= 15 is 0 Å². The number of alkyl halides is 4. The maximum absolute atomic E-state index is 12.7. The van der Waals surface area contributed by atoms with Gasteiger partial charge in [-0.2, -0.15) is 13.9 Å². The Hall–Kier alpha value is -1.35. The fraction of sp³-hybridized carbons (Fsp3) is 0.750. The summed E-state index contributed by atoms with van der Waals surface area (Å²) in [7, 11) is 1.43. The Balaban J connectivity index is 2.67.